The van der Waals surface area contributed by atoms with Gasteiger partial charge in [0.05, 0.1) is 17.8 Å². The Morgan fingerprint density at radius 2 is 2.29 bits per heavy atom. The molecule has 0 fully saturated rings. The van der Waals surface area contributed by atoms with Gasteiger partial charge in [0.15, 0.2) is 0 Å². The summed E-state index contributed by atoms with van der Waals surface area (Å²) in [5.41, 5.74) is 13.1. The Hall–Kier alpha value is -1.55. The zero-order chi connectivity index (χ0) is 10.1. The summed E-state index contributed by atoms with van der Waals surface area (Å²) in [4.78, 5) is 0. The van der Waals surface area contributed by atoms with E-state index in [0.717, 1.165) is 16.6 Å². The van der Waals surface area contributed by atoms with Gasteiger partial charge in [-0.3, -0.25) is 4.68 Å². The molecule has 0 amide bonds. The highest BCUT2D eigenvalue weighted by molar-refractivity contribution is 5.81. The summed E-state index contributed by atoms with van der Waals surface area (Å²) in [6.45, 7) is 2.61. The van der Waals surface area contributed by atoms with Crippen LogP contribution in [0.15, 0.2) is 24.4 Å². The van der Waals surface area contributed by atoms with Crippen LogP contribution in [0.2, 0.25) is 0 Å². The number of aromatic nitrogens is 2. The first-order chi connectivity index (χ1) is 6.72. The van der Waals surface area contributed by atoms with E-state index < -0.39 is 0 Å². The lowest BCUT2D eigenvalue weighted by Gasteiger charge is -2.10. The van der Waals surface area contributed by atoms with E-state index >= 15 is 0 Å². The lowest BCUT2D eigenvalue weighted by molar-refractivity contribution is 0.517. The van der Waals surface area contributed by atoms with Crippen molar-refractivity contribution in [2.24, 2.45) is 5.73 Å². The van der Waals surface area contributed by atoms with Crippen LogP contribution >= 0.6 is 0 Å². The van der Waals surface area contributed by atoms with Crippen molar-refractivity contribution in [2.75, 3.05) is 12.3 Å². The summed E-state index contributed by atoms with van der Waals surface area (Å²) in [5, 5.41) is 5.39. The molecule has 0 aliphatic carbocycles. The first kappa shape index (κ1) is 9.02. The predicted octanol–water partition coefficient (Wildman–Crippen LogP) is 1.14. The molecule has 2 aromatic rings. The normalized spacial score (nSPS) is 13.3. The molecule has 1 heterocycles. The fourth-order valence-electron chi connectivity index (χ4n) is 1.51. The van der Waals surface area contributed by atoms with Crippen molar-refractivity contribution in [1.29, 1.82) is 0 Å². The van der Waals surface area contributed by atoms with E-state index in [1.54, 1.807) is 0 Å². The van der Waals surface area contributed by atoms with E-state index in [-0.39, 0.29) is 6.04 Å². The van der Waals surface area contributed by atoms with Crippen LogP contribution in [0, 0.1) is 0 Å². The maximum Gasteiger partial charge on any atom is 0.0706 e. The van der Waals surface area contributed by atoms with Gasteiger partial charge in [-0.1, -0.05) is 0 Å². The molecular weight excluding hydrogens is 176 g/mol. The van der Waals surface area contributed by atoms with Crippen LogP contribution in [-0.4, -0.2) is 16.3 Å². The maximum absolute atomic E-state index is 5.72. The Morgan fingerprint density at radius 3 is 3.00 bits per heavy atom. The van der Waals surface area contributed by atoms with Crippen molar-refractivity contribution in [3.63, 3.8) is 0 Å². The lowest BCUT2D eigenvalue weighted by atomic mass is 10.2. The SMILES string of the molecule is CC(CN)n1ncc2ccc(N)cc21. The third-order valence-electron chi connectivity index (χ3n) is 2.38. The molecule has 4 nitrogen and oxygen atoms in total. The molecule has 0 radical (unpaired) electrons. The van der Waals surface area contributed by atoms with Gasteiger partial charge in [-0.25, -0.2) is 0 Å². The first-order valence-corrected chi connectivity index (χ1v) is 4.65. The molecule has 0 spiro atoms. The van der Waals surface area contributed by atoms with E-state index in [1.807, 2.05) is 36.0 Å². The second kappa shape index (κ2) is 3.31. The molecular formula is C10H14N4. The minimum absolute atomic E-state index is 0.203. The summed E-state index contributed by atoms with van der Waals surface area (Å²) in [5.74, 6) is 0. The first-order valence-electron chi connectivity index (χ1n) is 4.65. The number of anilines is 1. The van der Waals surface area contributed by atoms with Gasteiger partial charge in [0.1, 0.15) is 0 Å². The molecule has 4 heteroatoms. The van der Waals surface area contributed by atoms with Crippen molar-refractivity contribution >= 4 is 16.6 Å². The summed E-state index contributed by atoms with van der Waals surface area (Å²) >= 11 is 0. The Kier molecular flexibility index (Phi) is 2.13. The van der Waals surface area contributed by atoms with Crippen molar-refractivity contribution < 1.29 is 0 Å². The van der Waals surface area contributed by atoms with Crippen LogP contribution in [0.4, 0.5) is 5.69 Å². The van der Waals surface area contributed by atoms with Gasteiger partial charge in [0.25, 0.3) is 0 Å². The number of nitrogen functional groups attached to an aromatic ring is 1. The lowest BCUT2D eigenvalue weighted by Crippen LogP contribution is -2.16. The van der Waals surface area contributed by atoms with Gasteiger partial charge in [-0.2, -0.15) is 5.10 Å². The van der Waals surface area contributed by atoms with Gasteiger partial charge in [-0.15, -0.1) is 0 Å². The molecule has 1 aromatic carbocycles. The Bertz CT molecular complexity index is 446. The molecule has 2 rings (SSSR count). The number of nitrogens with zero attached hydrogens (tertiary/aromatic N) is 2. The highest BCUT2D eigenvalue weighted by atomic mass is 15.3. The van der Waals surface area contributed by atoms with Crippen molar-refractivity contribution in [3.05, 3.63) is 24.4 Å². The number of nitrogens with two attached hydrogens (primary N) is 2. The Morgan fingerprint density at radius 1 is 1.50 bits per heavy atom. The third-order valence-corrected chi connectivity index (χ3v) is 2.38. The molecule has 4 N–H and O–H groups in total. The summed E-state index contributed by atoms with van der Waals surface area (Å²) in [7, 11) is 0. The van der Waals surface area contributed by atoms with Crippen LogP contribution in [0.5, 0.6) is 0 Å². The van der Waals surface area contributed by atoms with E-state index in [9.17, 15) is 0 Å². The molecule has 1 atom stereocenters. The quantitative estimate of drug-likeness (QED) is 0.697. The molecule has 1 aromatic heterocycles. The smallest absolute Gasteiger partial charge is 0.0706 e. The third kappa shape index (κ3) is 1.33. The van der Waals surface area contributed by atoms with Crippen LogP contribution in [0.25, 0.3) is 10.9 Å². The average Bonchev–Trinajstić information content (AvgIpc) is 2.59. The number of benzene rings is 1. The zero-order valence-electron chi connectivity index (χ0n) is 8.14. The highest BCUT2D eigenvalue weighted by Crippen LogP contribution is 2.19. The fourth-order valence-corrected chi connectivity index (χ4v) is 1.51. The molecule has 14 heavy (non-hydrogen) atoms. The van der Waals surface area contributed by atoms with E-state index in [1.165, 1.54) is 0 Å². The highest BCUT2D eigenvalue weighted by Gasteiger charge is 2.07. The molecule has 0 aliphatic rings. The van der Waals surface area contributed by atoms with Crippen LogP contribution in [0.3, 0.4) is 0 Å². The molecule has 74 valence electrons. The monoisotopic (exact) mass is 190 g/mol. The molecule has 0 saturated carbocycles. The van der Waals surface area contributed by atoms with Crippen molar-refractivity contribution in [3.8, 4) is 0 Å². The standard InChI is InChI=1S/C10H14N4/c1-7(5-11)14-10-4-9(12)3-2-8(10)6-13-14/h2-4,6-7H,5,11-12H2,1H3. The number of hydrogen-bond acceptors (Lipinski definition) is 3. The van der Waals surface area contributed by atoms with Gasteiger partial charge < -0.3 is 11.5 Å². The summed E-state index contributed by atoms with van der Waals surface area (Å²) in [6, 6.07) is 5.97. The molecule has 1 unspecified atom stereocenters. The van der Waals surface area contributed by atoms with Crippen LogP contribution < -0.4 is 11.5 Å². The average molecular weight is 190 g/mol. The topological polar surface area (TPSA) is 69.9 Å². The summed E-state index contributed by atoms with van der Waals surface area (Å²) in [6.07, 6.45) is 1.83. The van der Waals surface area contributed by atoms with Gasteiger partial charge >= 0.3 is 0 Å². The van der Waals surface area contributed by atoms with Crippen LogP contribution in [-0.2, 0) is 0 Å². The zero-order valence-corrected chi connectivity index (χ0v) is 8.14. The molecule has 0 bridgehead atoms. The number of hydrogen-bond donors (Lipinski definition) is 2. The van der Waals surface area contributed by atoms with Gasteiger partial charge in [-0.05, 0) is 25.1 Å². The number of fused-ring (bicyclic) bond motifs is 1. The minimum atomic E-state index is 0.203. The van der Waals surface area contributed by atoms with Gasteiger partial charge in [0, 0.05) is 17.6 Å². The predicted molar refractivity (Wildman–Crippen MR) is 57.9 cm³/mol. The second-order valence-corrected chi connectivity index (χ2v) is 3.49. The second-order valence-electron chi connectivity index (χ2n) is 3.49. The van der Waals surface area contributed by atoms with Crippen molar-refractivity contribution in [1.82, 2.24) is 9.78 Å². The van der Waals surface area contributed by atoms with E-state index in [0.29, 0.717) is 6.54 Å². The maximum atomic E-state index is 5.72. The van der Waals surface area contributed by atoms with E-state index in [2.05, 4.69) is 5.10 Å². The summed E-state index contributed by atoms with van der Waals surface area (Å²) < 4.78 is 1.91. The van der Waals surface area contributed by atoms with E-state index in [4.69, 9.17) is 11.5 Å². The largest absolute Gasteiger partial charge is 0.399 e. The fraction of sp³-hybridized carbons (Fsp3) is 0.300. The molecule has 0 aliphatic heterocycles. The van der Waals surface area contributed by atoms with Crippen molar-refractivity contribution in [2.45, 2.75) is 13.0 Å². The van der Waals surface area contributed by atoms with Crippen LogP contribution in [0.1, 0.15) is 13.0 Å². The Balaban J connectivity index is 2.61. The molecule has 0 saturated heterocycles. The number of rotatable bonds is 2. The minimum Gasteiger partial charge on any atom is -0.399 e. The van der Waals surface area contributed by atoms with Gasteiger partial charge in [0.2, 0.25) is 0 Å². The Labute approximate surface area is 82.5 Å².